The average molecular weight is 451 g/mol. The zero-order valence-electron chi connectivity index (χ0n) is 18.3. The Morgan fingerprint density at radius 3 is 2.35 bits per heavy atom. The normalized spacial score (nSPS) is 12.3. The Morgan fingerprint density at radius 1 is 1.03 bits per heavy atom. The third-order valence-electron chi connectivity index (χ3n) is 4.67. The molecule has 1 atom stereocenters. The SMILES string of the molecule is COCCCNC(=O)CC(NS(=O)(=O)c1ccc(C)cc1)c1cccc(OC)c1OC. The second kappa shape index (κ2) is 11.7. The van der Waals surface area contributed by atoms with E-state index in [-0.39, 0.29) is 17.2 Å². The number of carbonyl (C=O) groups excluding carboxylic acids is 1. The van der Waals surface area contributed by atoms with Crippen molar-refractivity contribution in [2.45, 2.75) is 30.7 Å². The van der Waals surface area contributed by atoms with Crippen molar-refractivity contribution < 1.29 is 27.4 Å². The van der Waals surface area contributed by atoms with E-state index in [0.717, 1.165) is 5.56 Å². The zero-order valence-corrected chi connectivity index (χ0v) is 19.1. The van der Waals surface area contributed by atoms with Crippen molar-refractivity contribution in [1.82, 2.24) is 10.0 Å². The molecular weight excluding hydrogens is 420 g/mol. The van der Waals surface area contributed by atoms with Gasteiger partial charge in [0.05, 0.1) is 25.2 Å². The molecule has 0 saturated carbocycles. The van der Waals surface area contributed by atoms with Crippen LogP contribution in [-0.4, -0.2) is 48.8 Å². The first kappa shape index (κ1) is 24.6. The van der Waals surface area contributed by atoms with Gasteiger partial charge in [-0.05, 0) is 31.5 Å². The van der Waals surface area contributed by atoms with Crippen molar-refractivity contribution in [2.24, 2.45) is 0 Å². The summed E-state index contributed by atoms with van der Waals surface area (Å²) in [5.41, 5.74) is 1.45. The maximum atomic E-state index is 13.0. The second-order valence-electron chi connectivity index (χ2n) is 6.97. The topological polar surface area (TPSA) is 103 Å². The van der Waals surface area contributed by atoms with Crippen LogP contribution in [0.25, 0.3) is 0 Å². The van der Waals surface area contributed by atoms with E-state index in [2.05, 4.69) is 10.0 Å². The number of sulfonamides is 1. The van der Waals surface area contributed by atoms with Gasteiger partial charge in [0.15, 0.2) is 11.5 Å². The Bertz CT molecular complexity index is 960. The van der Waals surface area contributed by atoms with Gasteiger partial charge in [0, 0.05) is 32.2 Å². The Kier molecular flexibility index (Phi) is 9.29. The number of para-hydroxylation sites is 1. The molecule has 0 bridgehead atoms. The Hall–Kier alpha value is -2.62. The van der Waals surface area contributed by atoms with Gasteiger partial charge in [-0.2, -0.15) is 0 Å². The maximum absolute atomic E-state index is 13.0. The van der Waals surface area contributed by atoms with Crippen molar-refractivity contribution in [1.29, 1.82) is 0 Å². The van der Waals surface area contributed by atoms with Crippen molar-refractivity contribution >= 4 is 15.9 Å². The summed E-state index contributed by atoms with van der Waals surface area (Å²) in [6.45, 7) is 2.83. The van der Waals surface area contributed by atoms with E-state index in [1.807, 2.05) is 6.92 Å². The lowest BCUT2D eigenvalue weighted by molar-refractivity contribution is -0.121. The summed E-state index contributed by atoms with van der Waals surface area (Å²) in [6, 6.07) is 10.8. The van der Waals surface area contributed by atoms with E-state index >= 15 is 0 Å². The molecule has 2 rings (SSSR count). The molecule has 0 aliphatic rings. The third kappa shape index (κ3) is 6.95. The average Bonchev–Trinajstić information content (AvgIpc) is 2.75. The summed E-state index contributed by atoms with van der Waals surface area (Å²) in [5.74, 6) is 0.520. The van der Waals surface area contributed by atoms with Gasteiger partial charge in [0.1, 0.15) is 0 Å². The molecule has 2 N–H and O–H groups in total. The number of aryl methyl sites for hydroxylation is 1. The summed E-state index contributed by atoms with van der Waals surface area (Å²) >= 11 is 0. The molecule has 2 aromatic rings. The minimum atomic E-state index is -3.89. The van der Waals surface area contributed by atoms with Gasteiger partial charge < -0.3 is 19.5 Å². The number of nitrogens with one attached hydrogen (secondary N) is 2. The Labute approximate surface area is 184 Å². The van der Waals surface area contributed by atoms with Crippen molar-refractivity contribution in [3.8, 4) is 11.5 Å². The van der Waals surface area contributed by atoms with Gasteiger partial charge in [0.2, 0.25) is 15.9 Å². The summed E-state index contributed by atoms with van der Waals surface area (Å²) < 4.78 is 44.5. The molecule has 0 fully saturated rings. The Morgan fingerprint density at radius 2 is 1.74 bits per heavy atom. The van der Waals surface area contributed by atoms with E-state index in [1.165, 1.54) is 26.4 Å². The lowest BCUT2D eigenvalue weighted by Gasteiger charge is -2.22. The van der Waals surface area contributed by atoms with Crippen LogP contribution in [0, 0.1) is 6.92 Å². The van der Waals surface area contributed by atoms with Crippen molar-refractivity contribution in [3.05, 3.63) is 53.6 Å². The molecule has 1 unspecified atom stereocenters. The van der Waals surface area contributed by atoms with Crippen LogP contribution >= 0.6 is 0 Å². The highest BCUT2D eigenvalue weighted by molar-refractivity contribution is 7.89. The molecule has 2 aromatic carbocycles. The molecular formula is C22H30N2O6S. The predicted molar refractivity (Wildman–Crippen MR) is 118 cm³/mol. The number of ether oxygens (including phenoxy) is 3. The summed E-state index contributed by atoms with van der Waals surface area (Å²) in [5, 5.41) is 2.79. The fourth-order valence-corrected chi connectivity index (χ4v) is 4.29. The van der Waals surface area contributed by atoms with Gasteiger partial charge in [-0.25, -0.2) is 13.1 Å². The summed E-state index contributed by atoms with van der Waals surface area (Å²) in [6.07, 6.45) is 0.548. The molecule has 0 radical (unpaired) electrons. The largest absolute Gasteiger partial charge is 0.493 e. The van der Waals surface area contributed by atoms with Crippen LogP contribution in [-0.2, 0) is 19.6 Å². The first-order valence-electron chi connectivity index (χ1n) is 9.88. The quantitative estimate of drug-likeness (QED) is 0.482. The molecule has 0 aliphatic heterocycles. The van der Waals surface area contributed by atoms with Crippen LogP contribution in [0.2, 0.25) is 0 Å². The van der Waals surface area contributed by atoms with E-state index < -0.39 is 16.1 Å². The standard InChI is InChI=1S/C22H30N2O6S/c1-16-9-11-17(12-10-16)31(26,27)24-19(15-21(25)23-13-6-14-28-2)18-7-5-8-20(29-3)22(18)30-4/h5,7-12,19,24H,6,13-15H2,1-4H3,(H,23,25). The third-order valence-corrected chi connectivity index (χ3v) is 6.16. The van der Waals surface area contributed by atoms with E-state index in [0.29, 0.717) is 36.6 Å². The molecule has 0 spiro atoms. The Balaban J connectivity index is 2.34. The number of rotatable bonds is 12. The fraction of sp³-hybridized carbons (Fsp3) is 0.409. The van der Waals surface area contributed by atoms with E-state index in [9.17, 15) is 13.2 Å². The van der Waals surface area contributed by atoms with Gasteiger partial charge in [-0.3, -0.25) is 4.79 Å². The molecule has 170 valence electrons. The second-order valence-corrected chi connectivity index (χ2v) is 8.68. The number of benzene rings is 2. The molecule has 0 heterocycles. The predicted octanol–water partition coefficient (Wildman–Crippen LogP) is 2.57. The lowest BCUT2D eigenvalue weighted by Crippen LogP contribution is -2.34. The first-order chi connectivity index (χ1) is 14.8. The molecule has 0 saturated heterocycles. The van der Waals surface area contributed by atoms with E-state index in [1.54, 1.807) is 37.4 Å². The van der Waals surface area contributed by atoms with Crippen LogP contribution in [0.5, 0.6) is 11.5 Å². The van der Waals surface area contributed by atoms with Crippen LogP contribution in [0.15, 0.2) is 47.4 Å². The zero-order chi connectivity index (χ0) is 22.9. The monoisotopic (exact) mass is 450 g/mol. The molecule has 0 aromatic heterocycles. The van der Waals surface area contributed by atoms with E-state index in [4.69, 9.17) is 14.2 Å². The number of hydrogen-bond donors (Lipinski definition) is 2. The molecule has 8 nitrogen and oxygen atoms in total. The van der Waals surface area contributed by atoms with Gasteiger partial charge in [-0.15, -0.1) is 0 Å². The van der Waals surface area contributed by atoms with Gasteiger partial charge in [0.25, 0.3) is 0 Å². The van der Waals surface area contributed by atoms with Crippen molar-refractivity contribution in [3.63, 3.8) is 0 Å². The highest BCUT2D eigenvalue weighted by Crippen LogP contribution is 2.36. The van der Waals surface area contributed by atoms with Crippen LogP contribution in [0.1, 0.15) is 30.0 Å². The number of hydrogen-bond acceptors (Lipinski definition) is 6. The number of carbonyl (C=O) groups is 1. The van der Waals surface area contributed by atoms with Crippen molar-refractivity contribution in [2.75, 3.05) is 34.5 Å². The maximum Gasteiger partial charge on any atom is 0.241 e. The molecule has 1 amide bonds. The summed E-state index contributed by atoms with van der Waals surface area (Å²) in [7, 11) is 0.666. The minimum Gasteiger partial charge on any atom is -0.493 e. The highest BCUT2D eigenvalue weighted by atomic mass is 32.2. The molecule has 9 heteroatoms. The summed E-state index contributed by atoms with van der Waals surface area (Å²) in [4.78, 5) is 12.7. The minimum absolute atomic E-state index is 0.110. The lowest BCUT2D eigenvalue weighted by atomic mass is 10.0. The van der Waals surface area contributed by atoms with Crippen LogP contribution in [0.3, 0.4) is 0 Å². The van der Waals surface area contributed by atoms with Crippen LogP contribution < -0.4 is 19.5 Å². The van der Waals surface area contributed by atoms with Gasteiger partial charge in [-0.1, -0.05) is 29.8 Å². The fourth-order valence-electron chi connectivity index (χ4n) is 3.08. The van der Waals surface area contributed by atoms with Gasteiger partial charge >= 0.3 is 0 Å². The molecule has 0 aliphatic carbocycles. The highest BCUT2D eigenvalue weighted by Gasteiger charge is 2.27. The number of methoxy groups -OCH3 is 3. The first-order valence-corrected chi connectivity index (χ1v) is 11.4. The van der Waals surface area contributed by atoms with Crippen LogP contribution in [0.4, 0.5) is 0 Å². The molecule has 31 heavy (non-hydrogen) atoms. The number of amides is 1. The smallest absolute Gasteiger partial charge is 0.241 e.